The van der Waals surface area contributed by atoms with Crippen LogP contribution >= 0.6 is 11.6 Å². The fourth-order valence-corrected chi connectivity index (χ4v) is 2.04. The normalized spacial score (nSPS) is 13.2. The van der Waals surface area contributed by atoms with E-state index in [-0.39, 0.29) is 17.5 Å². The van der Waals surface area contributed by atoms with Crippen LogP contribution in [0.5, 0.6) is 0 Å². The number of nitrogens with two attached hydrogens (primary N) is 1. The molecular formula is C14H12ClF3N2. The van der Waals surface area contributed by atoms with Crippen LogP contribution in [0.15, 0.2) is 42.6 Å². The van der Waals surface area contributed by atoms with Crippen molar-refractivity contribution in [3.8, 4) is 0 Å². The smallest absolute Gasteiger partial charge is 0.324 e. The highest BCUT2D eigenvalue weighted by molar-refractivity contribution is 6.31. The Kier molecular flexibility index (Phi) is 4.30. The summed E-state index contributed by atoms with van der Waals surface area (Å²) in [6.07, 6.45) is -3.39. The number of halogens is 4. The number of benzene rings is 1. The van der Waals surface area contributed by atoms with Gasteiger partial charge in [0, 0.05) is 18.7 Å². The maximum atomic E-state index is 12.5. The average molecular weight is 301 g/mol. The quantitative estimate of drug-likeness (QED) is 0.930. The highest BCUT2D eigenvalue weighted by Gasteiger charge is 2.31. The molecule has 1 unspecified atom stereocenters. The summed E-state index contributed by atoms with van der Waals surface area (Å²) >= 11 is 5.85. The van der Waals surface area contributed by atoms with Crippen molar-refractivity contribution in [3.05, 3.63) is 64.4 Å². The maximum absolute atomic E-state index is 12.5. The zero-order valence-electron chi connectivity index (χ0n) is 10.4. The lowest BCUT2D eigenvalue weighted by Gasteiger charge is -2.13. The highest BCUT2D eigenvalue weighted by Crippen LogP contribution is 2.31. The Hall–Kier alpha value is -1.59. The van der Waals surface area contributed by atoms with Crippen molar-refractivity contribution in [2.24, 2.45) is 5.73 Å². The van der Waals surface area contributed by atoms with Gasteiger partial charge in [-0.1, -0.05) is 41.9 Å². The molecule has 6 heteroatoms. The predicted octanol–water partition coefficient (Wildman–Crippen LogP) is 4.00. The van der Waals surface area contributed by atoms with Gasteiger partial charge in [0.15, 0.2) is 0 Å². The molecule has 0 aliphatic rings. The largest absolute Gasteiger partial charge is 0.417 e. The summed E-state index contributed by atoms with van der Waals surface area (Å²) in [5.41, 5.74) is 6.37. The van der Waals surface area contributed by atoms with Crippen LogP contribution in [0.4, 0.5) is 13.2 Å². The van der Waals surface area contributed by atoms with Crippen LogP contribution in [0.1, 0.15) is 22.9 Å². The topological polar surface area (TPSA) is 38.9 Å². The first-order valence-electron chi connectivity index (χ1n) is 5.90. The first-order valence-corrected chi connectivity index (χ1v) is 6.28. The Balaban J connectivity index is 2.18. The molecule has 1 aromatic heterocycles. The third-order valence-corrected chi connectivity index (χ3v) is 3.21. The van der Waals surface area contributed by atoms with Crippen molar-refractivity contribution in [2.75, 3.05) is 0 Å². The lowest BCUT2D eigenvalue weighted by Crippen LogP contribution is -2.15. The molecule has 0 saturated carbocycles. The van der Waals surface area contributed by atoms with E-state index in [0.717, 1.165) is 17.8 Å². The van der Waals surface area contributed by atoms with E-state index >= 15 is 0 Å². The third-order valence-electron chi connectivity index (χ3n) is 2.89. The van der Waals surface area contributed by atoms with E-state index < -0.39 is 11.7 Å². The van der Waals surface area contributed by atoms with Crippen molar-refractivity contribution in [1.82, 2.24) is 4.98 Å². The Morgan fingerprint density at radius 1 is 1.20 bits per heavy atom. The van der Waals surface area contributed by atoms with E-state index in [1.54, 1.807) is 0 Å². The van der Waals surface area contributed by atoms with E-state index in [4.69, 9.17) is 17.3 Å². The Bertz CT molecular complexity index is 585. The van der Waals surface area contributed by atoms with Gasteiger partial charge in [-0.3, -0.25) is 4.98 Å². The number of alkyl halides is 3. The number of nitrogens with zero attached hydrogens (tertiary/aromatic N) is 1. The lowest BCUT2D eigenvalue weighted by molar-refractivity contribution is -0.137. The molecule has 0 bridgehead atoms. The van der Waals surface area contributed by atoms with Crippen molar-refractivity contribution >= 4 is 11.6 Å². The van der Waals surface area contributed by atoms with E-state index in [2.05, 4.69) is 4.98 Å². The van der Waals surface area contributed by atoms with Gasteiger partial charge >= 0.3 is 6.18 Å². The molecule has 0 aliphatic heterocycles. The molecule has 2 aromatic rings. The maximum Gasteiger partial charge on any atom is 0.417 e. The molecule has 2 nitrogen and oxygen atoms in total. The number of hydrogen-bond donors (Lipinski definition) is 1. The molecule has 0 radical (unpaired) electrons. The molecule has 0 saturated heterocycles. The summed E-state index contributed by atoms with van der Waals surface area (Å²) in [6.45, 7) is 0. The molecule has 1 aromatic carbocycles. The van der Waals surface area contributed by atoms with Crippen LogP contribution in [-0.4, -0.2) is 4.98 Å². The number of pyridine rings is 1. The summed E-state index contributed by atoms with van der Waals surface area (Å²) in [6, 6.07) is 9.76. The summed E-state index contributed by atoms with van der Waals surface area (Å²) in [5, 5.41) is -0.0220. The molecule has 1 heterocycles. The third kappa shape index (κ3) is 3.49. The fraction of sp³-hybridized carbons (Fsp3) is 0.214. The molecule has 1 atom stereocenters. The summed E-state index contributed by atoms with van der Waals surface area (Å²) in [5.74, 6) is 0. The van der Waals surface area contributed by atoms with Gasteiger partial charge in [0.05, 0.1) is 16.3 Å². The van der Waals surface area contributed by atoms with E-state index in [9.17, 15) is 13.2 Å². The summed E-state index contributed by atoms with van der Waals surface area (Å²) in [7, 11) is 0. The minimum atomic E-state index is -4.45. The molecule has 106 valence electrons. The van der Waals surface area contributed by atoms with Crippen molar-refractivity contribution in [1.29, 1.82) is 0 Å². The standard InChI is InChI=1S/C14H12ClF3N2/c15-11-6-10(14(16,17)18)8-20-13(11)7-12(19)9-4-2-1-3-5-9/h1-6,8,12H,7,19H2. The zero-order chi connectivity index (χ0) is 14.8. The molecular weight excluding hydrogens is 289 g/mol. The van der Waals surface area contributed by atoms with Gasteiger partial charge in [0.2, 0.25) is 0 Å². The van der Waals surface area contributed by atoms with Crippen LogP contribution in [0.25, 0.3) is 0 Å². The van der Waals surface area contributed by atoms with Gasteiger partial charge in [0.25, 0.3) is 0 Å². The molecule has 2 N–H and O–H groups in total. The monoisotopic (exact) mass is 300 g/mol. The lowest BCUT2D eigenvalue weighted by atomic mass is 10.0. The molecule has 2 rings (SSSR count). The van der Waals surface area contributed by atoms with Gasteiger partial charge in [-0.2, -0.15) is 13.2 Å². The second-order valence-corrected chi connectivity index (χ2v) is 4.78. The van der Waals surface area contributed by atoms with Gasteiger partial charge in [0.1, 0.15) is 0 Å². The van der Waals surface area contributed by atoms with Gasteiger partial charge in [-0.15, -0.1) is 0 Å². The van der Waals surface area contributed by atoms with Crippen LogP contribution in [0, 0.1) is 0 Å². The number of hydrogen-bond acceptors (Lipinski definition) is 2. The highest BCUT2D eigenvalue weighted by atomic mass is 35.5. The molecule has 0 fully saturated rings. The van der Waals surface area contributed by atoms with E-state index in [0.29, 0.717) is 5.69 Å². The first kappa shape index (κ1) is 14.8. The van der Waals surface area contributed by atoms with Crippen molar-refractivity contribution < 1.29 is 13.2 Å². The van der Waals surface area contributed by atoms with Crippen LogP contribution < -0.4 is 5.73 Å². The average Bonchev–Trinajstić information content (AvgIpc) is 2.41. The van der Waals surface area contributed by atoms with Crippen molar-refractivity contribution in [3.63, 3.8) is 0 Å². The van der Waals surface area contributed by atoms with Crippen molar-refractivity contribution in [2.45, 2.75) is 18.6 Å². The van der Waals surface area contributed by atoms with E-state index in [1.165, 1.54) is 0 Å². The minimum absolute atomic E-state index is 0.0220. The molecule has 0 aliphatic carbocycles. The van der Waals surface area contributed by atoms with E-state index in [1.807, 2.05) is 30.3 Å². The predicted molar refractivity (Wildman–Crippen MR) is 71.3 cm³/mol. The fourth-order valence-electron chi connectivity index (χ4n) is 1.80. The SMILES string of the molecule is NC(Cc1ncc(C(F)(F)F)cc1Cl)c1ccccc1. The summed E-state index contributed by atoms with van der Waals surface area (Å²) < 4.78 is 37.5. The Morgan fingerprint density at radius 3 is 2.40 bits per heavy atom. The van der Waals surface area contributed by atoms with Crippen LogP contribution in [-0.2, 0) is 12.6 Å². The Labute approximate surface area is 119 Å². The number of aromatic nitrogens is 1. The van der Waals surface area contributed by atoms with Gasteiger partial charge in [-0.05, 0) is 11.6 Å². The van der Waals surface area contributed by atoms with Gasteiger partial charge in [-0.25, -0.2) is 0 Å². The molecule has 20 heavy (non-hydrogen) atoms. The van der Waals surface area contributed by atoms with Crippen LogP contribution in [0.2, 0.25) is 5.02 Å². The second kappa shape index (κ2) is 5.81. The zero-order valence-corrected chi connectivity index (χ0v) is 11.1. The first-order chi connectivity index (χ1) is 9.38. The Morgan fingerprint density at radius 2 is 1.85 bits per heavy atom. The van der Waals surface area contributed by atoms with Gasteiger partial charge < -0.3 is 5.73 Å². The second-order valence-electron chi connectivity index (χ2n) is 4.37. The van der Waals surface area contributed by atoms with Crippen LogP contribution in [0.3, 0.4) is 0 Å². The molecule has 0 amide bonds. The number of rotatable bonds is 3. The molecule has 0 spiro atoms. The summed E-state index contributed by atoms with van der Waals surface area (Å²) in [4.78, 5) is 3.78. The minimum Gasteiger partial charge on any atom is -0.324 e.